The van der Waals surface area contributed by atoms with Gasteiger partial charge in [-0.2, -0.15) is 0 Å². The van der Waals surface area contributed by atoms with Crippen molar-refractivity contribution in [3.05, 3.63) is 90.5 Å². The van der Waals surface area contributed by atoms with Gasteiger partial charge in [0.05, 0.1) is 0 Å². The molecule has 0 spiro atoms. The monoisotopic (exact) mass is 384 g/mol. The summed E-state index contributed by atoms with van der Waals surface area (Å²) in [4.78, 5) is 27.3. The van der Waals surface area contributed by atoms with Crippen LogP contribution in [0, 0.1) is 5.92 Å². The molecule has 1 N–H and O–H groups in total. The molecule has 0 radical (unpaired) electrons. The first-order valence-corrected chi connectivity index (χ1v) is 10.0. The number of anilines is 1. The lowest BCUT2D eigenvalue weighted by Crippen LogP contribution is -2.44. The zero-order valence-electron chi connectivity index (χ0n) is 16.3. The lowest BCUT2D eigenvalue weighted by atomic mass is 9.89. The molecule has 4 heteroatoms. The van der Waals surface area contributed by atoms with E-state index in [1.165, 1.54) is 0 Å². The fourth-order valence-corrected chi connectivity index (χ4v) is 3.79. The van der Waals surface area contributed by atoms with Crippen LogP contribution in [0.4, 0.5) is 10.5 Å². The minimum Gasteiger partial charge on any atom is -0.324 e. The van der Waals surface area contributed by atoms with Gasteiger partial charge in [-0.1, -0.05) is 72.8 Å². The summed E-state index contributed by atoms with van der Waals surface area (Å²) in [6.45, 7) is 1.13. The molecule has 4 nitrogen and oxygen atoms in total. The Morgan fingerprint density at radius 3 is 2.10 bits per heavy atom. The number of ketones is 1. The molecule has 1 heterocycles. The Labute approximate surface area is 171 Å². The normalized spacial score (nSPS) is 16.3. The molecule has 1 saturated heterocycles. The molecule has 3 aromatic rings. The molecule has 0 bridgehead atoms. The van der Waals surface area contributed by atoms with Gasteiger partial charge in [0.1, 0.15) is 0 Å². The Morgan fingerprint density at radius 1 is 0.793 bits per heavy atom. The van der Waals surface area contributed by atoms with E-state index in [0.29, 0.717) is 18.7 Å². The molecule has 4 rings (SSSR count). The zero-order chi connectivity index (χ0) is 20.1. The van der Waals surface area contributed by atoms with Crippen LogP contribution in [0.3, 0.4) is 0 Å². The predicted molar refractivity (Wildman–Crippen MR) is 116 cm³/mol. The summed E-state index contributed by atoms with van der Waals surface area (Å²) >= 11 is 0. The number of rotatable bonds is 4. The van der Waals surface area contributed by atoms with Crippen molar-refractivity contribution >= 4 is 17.5 Å². The SMILES string of the molecule is O=C(c1ccc(-c2ccccc2)cc1)[C@@H]1CCCN(C(=O)Nc2ccccc2)C1. The second kappa shape index (κ2) is 8.74. The molecular weight excluding hydrogens is 360 g/mol. The van der Waals surface area contributed by atoms with Gasteiger partial charge in [0.25, 0.3) is 0 Å². The number of amides is 2. The topological polar surface area (TPSA) is 49.4 Å². The summed E-state index contributed by atoms with van der Waals surface area (Å²) in [7, 11) is 0. The van der Waals surface area contributed by atoms with Crippen molar-refractivity contribution in [2.24, 2.45) is 5.92 Å². The predicted octanol–water partition coefficient (Wildman–Crippen LogP) is 5.48. The average Bonchev–Trinajstić information content (AvgIpc) is 2.80. The number of piperidine rings is 1. The molecule has 1 aliphatic rings. The fourth-order valence-electron chi connectivity index (χ4n) is 3.79. The summed E-state index contributed by atoms with van der Waals surface area (Å²) in [5, 5.41) is 2.91. The molecule has 1 fully saturated rings. The minimum absolute atomic E-state index is 0.113. The molecule has 1 atom stereocenters. The maximum Gasteiger partial charge on any atom is 0.321 e. The number of nitrogens with zero attached hydrogens (tertiary/aromatic N) is 1. The summed E-state index contributed by atoms with van der Waals surface area (Å²) in [5.41, 5.74) is 3.70. The van der Waals surface area contributed by atoms with Crippen LogP contribution in [-0.4, -0.2) is 29.8 Å². The zero-order valence-corrected chi connectivity index (χ0v) is 16.3. The number of Topliss-reactive ketones (excluding diaryl/α,β-unsaturated/α-hetero) is 1. The van der Waals surface area contributed by atoms with E-state index in [4.69, 9.17) is 0 Å². The molecule has 2 amide bonds. The van der Waals surface area contributed by atoms with E-state index in [0.717, 1.165) is 29.7 Å². The lowest BCUT2D eigenvalue weighted by molar-refractivity contribution is 0.0851. The molecule has 146 valence electrons. The van der Waals surface area contributed by atoms with Gasteiger partial charge < -0.3 is 10.2 Å². The van der Waals surface area contributed by atoms with E-state index in [1.54, 1.807) is 4.90 Å². The minimum atomic E-state index is -0.159. The number of hydrogen-bond donors (Lipinski definition) is 1. The Morgan fingerprint density at radius 2 is 1.41 bits per heavy atom. The van der Waals surface area contributed by atoms with Crippen molar-refractivity contribution in [1.82, 2.24) is 4.90 Å². The van der Waals surface area contributed by atoms with Gasteiger partial charge in [0, 0.05) is 30.3 Å². The maximum atomic E-state index is 13.0. The highest BCUT2D eigenvalue weighted by Crippen LogP contribution is 2.24. The van der Waals surface area contributed by atoms with Crippen LogP contribution in [0.5, 0.6) is 0 Å². The number of carbonyl (C=O) groups is 2. The second-order valence-corrected chi connectivity index (χ2v) is 7.39. The molecule has 0 unspecified atom stereocenters. The van der Waals surface area contributed by atoms with E-state index in [2.05, 4.69) is 17.4 Å². The number of para-hydroxylation sites is 1. The van der Waals surface area contributed by atoms with Crippen LogP contribution in [0.2, 0.25) is 0 Å². The van der Waals surface area contributed by atoms with Gasteiger partial charge in [0.15, 0.2) is 5.78 Å². The number of benzene rings is 3. The van der Waals surface area contributed by atoms with E-state index < -0.39 is 0 Å². The molecule has 3 aromatic carbocycles. The molecular formula is C25H24N2O2. The Hall–Kier alpha value is -3.40. The number of carbonyl (C=O) groups excluding carboxylic acids is 2. The van der Waals surface area contributed by atoms with Crippen LogP contribution in [0.1, 0.15) is 23.2 Å². The van der Waals surface area contributed by atoms with E-state index in [1.807, 2.05) is 72.8 Å². The molecule has 1 aliphatic heterocycles. The van der Waals surface area contributed by atoms with Crippen molar-refractivity contribution in [3.63, 3.8) is 0 Å². The smallest absolute Gasteiger partial charge is 0.321 e. The highest BCUT2D eigenvalue weighted by atomic mass is 16.2. The van der Waals surface area contributed by atoms with Crippen LogP contribution in [0.15, 0.2) is 84.9 Å². The van der Waals surface area contributed by atoms with Crippen molar-refractivity contribution in [2.75, 3.05) is 18.4 Å². The van der Waals surface area contributed by atoms with Crippen molar-refractivity contribution in [2.45, 2.75) is 12.8 Å². The van der Waals surface area contributed by atoms with Gasteiger partial charge in [0.2, 0.25) is 0 Å². The Balaban J connectivity index is 1.41. The average molecular weight is 384 g/mol. The van der Waals surface area contributed by atoms with Crippen LogP contribution < -0.4 is 5.32 Å². The highest BCUT2D eigenvalue weighted by molar-refractivity contribution is 5.99. The first-order valence-electron chi connectivity index (χ1n) is 10.0. The largest absolute Gasteiger partial charge is 0.324 e. The first-order chi connectivity index (χ1) is 14.2. The van der Waals surface area contributed by atoms with Gasteiger partial charge in [-0.25, -0.2) is 4.79 Å². The molecule has 0 saturated carbocycles. The maximum absolute atomic E-state index is 13.0. The van der Waals surface area contributed by atoms with E-state index in [9.17, 15) is 9.59 Å². The standard InChI is InChI=1S/C25H24N2O2/c28-24(21-15-13-20(14-16-21)19-8-3-1-4-9-19)22-10-7-17-27(18-22)25(29)26-23-11-5-2-6-12-23/h1-6,8-9,11-16,22H,7,10,17-18H2,(H,26,29)/t22-/m1/s1. The Kier molecular flexibility index (Phi) is 5.71. The summed E-state index contributed by atoms with van der Waals surface area (Å²) in [6.07, 6.45) is 1.65. The van der Waals surface area contributed by atoms with Crippen molar-refractivity contribution in [3.8, 4) is 11.1 Å². The summed E-state index contributed by atoms with van der Waals surface area (Å²) in [5.74, 6) is -0.0466. The van der Waals surface area contributed by atoms with Gasteiger partial charge in [-0.15, -0.1) is 0 Å². The van der Waals surface area contributed by atoms with Crippen LogP contribution >= 0.6 is 0 Å². The molecule has 0 aromatic heterocycles. The third-order valence-electron chi connectivity index (χ3n) is 5.38. The highest BCUT2D eigenvalue weighted by Gasteiger charge is 2.29. The van der Waals surface area contributed by atoms with Crippen LogP contribution in [0.25, 0.3) is 11.1 Å². The number of urea groups is 1. The van der Waals surface area contributed by atoms with Crippen molar-refractivity contribution in [1.29, 1.82) is 0 Å². The van der Waals surface area contributed by atoms with Gasteiger partial charge in [-0.05, 0) is 36.1 Å². The van der Waals surface area contributed by atoms with Gasteiger partial charge in [-0.3, -0.25) is 4.79 Å². The summed E-state index contributed by atoms with van der Waals surface area (Å²) < 4.78 is 0. The second-order valence-electron chi connectivity index (χ2n) is 7.39. The summed E-state index contributed by atoms with van der Waals surface area (Å²) in [6, 6.07) is 27.1. The number of hydrogen-bond acceptors (Lipinski definition) is 2. The number of nitrogens with one attached hydrogen (secondary N) is 1. The fraction of sp³-hybridized carbons (Fsp3) is 0.200. The molecule has 0 aliphatic carbocycles. The van der Waals surface area contributed by atoms with Crippen LogP contribution in [-0.2, 0) is 0 Å². The first kappa shape index (κ1) is 18.9. The van der Waals surface area contributed by atoms with Crippen molar-refractivity contribution < 1.29 is 9.59 Å². The van der Waals surface area contributed by atoms with E-state index in [-0.39, 0.29) is 17.7 Å². The quantitative estimate of drug-likeness (QED) is 0.606. The van der Waals surface area contributed by atoms with Gasteiger partial charge >= 0.3 is 6.03 Å². The third kappa shape index (κ3) is 4.54. The third-order valence-corrected chi connectivity index (χ3v) is 5.38. The lowest BCUT2D eigenvalue weighted by Gasteiger charge is -2.32. The van der Waals surface area contributed by atoms with E-state index >= 15 is 0 Å². The Bertz CT molecular complexity index is 969. The molecule has 29 heavy (non-hydrogen) atoms. The number of likely N-dealkylation sites (tertiary alicyclic amines) is 1.